The zero-order chi connectivity index (χ0) is 36.9. The highest BCUT2D eigenvalue weighted by molar-refractivity contribution is 6.01. The van der Waals surface area contributed by atoms with E-state index in [9.17, 15) is 24.3 Å². The van der Waals surface area contributed by atoms with Gasteiger partial charge in [0.1, 0.15) is 12.6 Å². The summed E-state index contributed by atoms with van der Waals surface area (Å²) >= 11 is 0. The highest BCUT2D eigenvalue weighted by Crippen LogP contribution is 2.77. The lowest BCUT2D eigenvalue weighted by Crippen LogP contribution is -2.67. The highest BCUT2D eigenvalue weighted by atomic mass is 16.5. The Hall–Kier alpha value is -2.22. The lowest BCUT2D eigenvalue weighted by molar-refractivity contribution is -0.249. The molecule has 0 aliphatic heterocycles. The Labute approximate surface area is 302 Å². The van der Waals surface area contributed by atoms with Crippen LogP contribution in [0.15, 0.2) is 12.2 Å². The Morgan fingerprint density at radius 3 is 2.12 bits per heavy atom. The van der Waals surface area contributed by atoms with Gasteiger partial charge in [0, 0.05) is 18.8 Å². The van der Waals surface area contributed by atoms with E-state index in [1.165, 1.54) is 6.92 Å². The lowest BCUT2D eigenvalue weighted by Gasteiger charge is -2.73. The molecule has 0 saturated heterocycles. The summed E-state index contributed by atoms with van der Waals surface area (Å²) in [7, 11) is 0. The lowest BCUT2D eigenvalue weighted by atomic mass is 9.32. The quantitative estimate of drug-likeness (QED) is 0.119. The first-order valence-corrected chi connectivity index (χ1v) is 20.0. The molecule has 10 atom stereocenters. The number of hydrogen-bond donors (Lipinski definition) is 2. The molecule has 0 aromatic rings. The summed E-state index contributed by atoms with van der Waals surface area (Å²) in [5, 5.41) is 9.94. The zero-order valence-corrected chi connectivity index (χ0v) is 32.4. The van der Waals surface area contributed by atoms with E-state index in [4.69, 9.17) is 10.5 Å². The molecule has 50 heavy (non-hydrogen) atoms. The zero-order valence-electron chi connectivity index (χ0n) is 32.4. The second kappa shape index (κ2) is 14.3. The summed E-state index contributed by atoms with van der Waals surface area (Å²) in [5.41, 5.74) is 6.09. The molecule has 0 aromatic carbocycles. The van der Waals surface area contributed by atoms with Crippen LogP contribution in [0.4, 0.5) is 0 Å². The van der Waals surface area contributed by atoms with Crippen LogP contribution < -0.4 is 5.73 Å². The van der Waals surface area contributed by atoms with Gasteiger partial charge in [-0.2, -0.15) is 0 Å². The van der Waals surface area contributed by atoms with Crippen molar-refractivity contribution in [2.45, 2.75) is 157 Å². The number of carboxylic acid groups (broad SMARTS) is 1. The number of aliphatic carboxylic acids is 1. The van der Waals surface area contributed by atoms with E-state index in [-0.39, 0.29) is 63.8 Å². The van der Waals surface area contributed by atoms with Crippen LogP contribution in [-0.4, -0.2) is 53.0 Å². The van der Waals surface area contributed by atoms with Gasteiger partial charge in [0.2, 0.25) is 11.8 Å². The fraction of sp³-hybridized carbons (Fsp3) is 0.857. The number of amides is 2. The molecule has 0 spiro atoms. The number of nitrogens with two attached hydrogens (primary N) is 1. The molecule has 282 valence electrons. The van der Waals surface area contributed by atoms with E-state index < -0.39 is 17.9 Å². The number of carbonyl (C=O) groups excluding carboxylic acids is 3. The molecule has 5 fully saturated rings. The van der Waals surface area contributed by atoms with Gasteiger partial charge in [-0.1, -0.05) is 66.0 Å². The molecule has 5 aliphatic rings. The second-order valence-electron chi connectivity index (χ2n) is 18.8. The van der Waals surface area contributed by atoms with Gasteiger partial charge < -0.3 is 15.6 Å². The summed E-state index contributed by atoms with van der Waals surface area (Å²) in [4.78, 5) is 54.0. The number of imide groups is 1. The minimum atomic E-state index is -1.14. The highest BCUT2D eigenvalue weighted by Gasteiger charge is 2.72. The Morgan fingerprint density at radius 1 is 0.800 bits per heavy atom. The molecule has 8 nitrogen and oxygen atoms in total. The van der Waals surface area contributed by atoms with Crippen LogP contribution in [0.25, 0.3) is 0 Å². The molecule has 0 aromatic heterocycles. The molecule has 5 saturated carbocycles. The number of fused-ring (bicyclic) bond motifs is 7. The number of nitrogens with zero attached hydrogens (tertiary/aromatic N) is 1. The third kappa shape index (κ3) is 6.29. The third-order valence-corrected chi connectivity index (χ3v) is 16.2. The molecule has 2 amide bonds. The van der Waals surface area contributed by atoms with Gasteiger partial charge in [0.15, 0.2) is 0 Å². The number of unbranched alkanes of at least 4 members (excludes halogenated alkanes) is 4. The Balaban J connectivity index is 1.45. The molecule has 5 rings (SSSR count). The fourth-order valence-corrected chi connectivity index (χ4v) is 13.7. The van der Waals surface area contributed by atoms with Crippen molar-refractivity contribution in [1.29, 1.82) is 0 Å². The first kappa shape index (κ1) is 39.0. The maximum atomic E-state index is 14.9. The molecule has 0 radical (unpaired) electrons. The molecule has 3 N–H and O–H groups in total. The van der Waals surface area contributed by atoms with Gasteiger partial charge in [-0.25, -0.2) is 0 Å². The predicted molar refractivity (Wildman–Crippen MR) is 196 cm³/mol. The molecular weight excluding hydrogens is 628 g/mol. The Kier molecular flexibility index (Phi) is 11.2. The van der Waals surface area contributed by atoms with Gasteiger partial charge in [0.25, 0.3) is 0 Å². The molecule has 8 heteroatoms. The van der Waals surface area contributed by atoms with Gasteiger partial charge in [-0.3, -0.25) is 24.1 Å². The van der Waals surface area contributed by atoms with Crippen molar-refractivity contribution in [2.75, 3.05) is 13.1 Å². The van der Waals surface area contributed by atoms with Crippen molar-refractivity contribution < 1.29 is 29.0 Å². The Bertz CT molecular complexity index is 1340. The monoisotopic (exact) mass is 697 g/mol. The van der Waals surface area contributed by atoms with E-state index in [0.717, 1.165) is 87.5 Å². The van der Waals surface area contributed by atoms with E-state index >= 15 is 0 Å². The second-order valence-corrected chi connectivity index (χ2v) is 18.8. The van der Waals surface area contributed by atoms with Crippen LogP contribution in [-0.2, 0) is 23.9 Å². The number of carbonyl (C=O) groups is 4. The summed E-state index contributed by atoms with van der Waals surface area (Å²) in [6.07, 6.45) is 14.1. The molecule has 0 heterocycles. The first-order chi connectivity index (χ1) is 23.4. The number of hydrogen-bond acceptors (Lipinski definition) is 6. The van der Waals surface area contributed by atoms with Crippen LogP contribution >= 0.6 is 0 Å². The predicted octanol–water partition coefficient (Wildman–Crippen LogP) is 8.31. The fourth-order valence-electron chi connectivity index (χ4n) is 13.7. The van der Waals surface area contributed by atoms with Crippen molar-refractivity contribution in [3.8, 4) is 0 Å². The summed E-state index contributed by atoms with van der Waals surface area (Å²) in [6.45, 7) is 20.4. The summed E-state index contributed by atoms with van der Waals surface area (Å²) in [5.74, 6) is -0.405. The first-order valence-electron chi connectivity index (χ1n) is 20.0. The smallest absolute Gasteiger partial charge is 0.323 e. The van der Waals surface area contributed by atoms with Crippen LogP contribution in [0.5, 0.6) is 0 Å². The average Bonchev–Trinajstić information content (AvgIpc) is 3.44. The van der Waals surface area contributed by atoms with Crippen LogP contribution in [0.2, 0.25) is 0 Å². The van der Waals surface area contributed by atoms with E-state index in [0.29, 0.717) is 43.6 Å². The van der Waals surface area contributed by atoms with Crippen LogP contribution in [0, 0.1) is 56.7 Å². The number of allylic oxidation sites excluding steroid dienone is 1. The van der Waals surface area contributed by atoms with Gasteiger partial charge in [-0.15, -0.1) is 0 Å². The van der Waals surface area contributed by atoms with E-state index in [2.05, 4.69) is 48.1 Å². The maximum Gasteiger partial charge on any atom is 0.323 e. The normalized spacial score (nSPS) is 40.0. The van der Waals surface area contributed by atoms with Gasteiger partial charge in [-0.05, 0) is 136 Å². The Morgan fingerprint density at radius 2 is 1.48 bits per heavy atom. The number of esters is 1. The van der Waals surface area contributed by atoms with E-state index in [1.807, 2.05) is 0 Å². The average molecular weight is 697 g/mol. The van der Waals surface area contributed by atoms with Gasteiger partial charge >= 0.3 is 11.9 Å². The van der Waals surface area contributed by atoms with Crippen LogP contribution in [0.1, 0.15) is 151 Å². The summed E-state index contributed by atoms with van der Waals surface area (Å²) in [6, 6.07) is 0. The summed E-state index contributed by atoms with van der Waals surface area (Å²) < 4.78 is 5.94. The molecule has 5 aliphatic carbocycles. The molecule has 1 unspecified atom stereocenters. The minimum Gasteiger partial charge on any atom is -0.480 e. The minimum absolute atomic E-state index is 0.00156. The number of ether oxygens (including phenoxy) is 1. The largest absolute Gasteiger partial charge is 0.480 e. The van der Waals surface area contributed by atoms with Crippen molar-refractivity contribution >= 4 is 23.8 Å². The number of rotatable bonds is 12. The van der Waals surface area contributed by atoms with Crippen molar-refractivity contribution in [3.63, 3.8) is 0 Å². The standard InChI is InChI=1S/C42H68N2O6/c1-27(2)29-17-22-42(37(49)44(26-35(47)48)34(46)14-12-10-9-11-13-25-43)24-23-40(7)30(36(29)42)15-16-32-39(6)20-19-33(50-28(3)45)38(4,5)31(39)18-21-41(32,40)8/h29-33,36H,1,9-26,43H2,2-8H3,(H,47,48)/t29-,30+,31-,32?,33-,36+,39-,40+,41+,42-/m0/s1. The van der Waals surface area contributed by atoms with Crippen molar-refractivity contribution in [2.24, 2.45) is 62.4 Å². The van der Waals surface area contributed by atoms with Crippen LogP contribution in [0.3, 0.4) is 0 Å². The molecular formula is C42H68N2O6. The van der Waals surface area contributed by atoms with Crippen molar-refractivity contribution in [1.82, 2.24) is 4.90 Å². The SMILES string of the molecule is C=C(C)[C@@H]1CC[C@]2(C(=O)N(CC(=O)O)C(=O)CCCCCCCN)CC[C@]3(C)[C@H](CCC4[C@@]5(C)CC[C@H](OC(C)=O)C(C)(C)[C@@H]5CC[C@]43C)[C@@H]12. The molecule has 0 bridgehead atoms. The third-order valence-electron chi connectivity index (χ3n) is 16.2. The number of carboxylic acids is 1. The maximum absolute atomic E-state index is 14.9. The topological polar surface area (TPSA) is 127 Å². The van der Waals surface area contributed by atoms with Crippen molar-refractivity contribution in [3.05, 3.63) is 12.2 Å². The van der Waals surface area contributed by atoms with E-state index in [1.54, 1.807) is 0 Å². The van der Waals surface area contributed by atoms with Gasteiger partial charge in [0.05, 0.1) is 5.41 Å².